The quantitative estimate of drug-likeness (QED) is 0.865. The third-order valence-corrected chi connectivity index (χ3v) is 3.88. The second-order valence-corrected chi connectivity index (χ2v) is 5.42. The molecule has 24 heavy (non-hydrogen) atoms. The standard InChI is InChI=1S/C18H19F3O3/c1-23-14-7-3-12(4-8-14)11-16(17(22)18(19,20)21)13-5-9-15(24-2)10-6-13/h3-10,16-17,22H,11H2,1-2H3. The maximum absolute atomic E-state index is 13.1. The molecule has 0 saturated carbocycles. The molecular formula is C18H19F3O3. The Morgan fingerprint density at radius 2 is 1.33 bits per heavy atom. The summed E-state index contributed by atoms with van der Waals surface area (Å²) < 4.78 is 49.2. The summed E-state index contributed by atoms with van der Waals surface area (Å²) in [5, 5.41) is 9.81. The average Bonchev–Trinajstić information content (AvgIpc) is 2.59. The molecule has 0 aliphatic heterocycles. The van der Waals surface area contributed by atoms with E-state index in [9.17, 15) is 18.3 Å². The van der Waals surface area contributed by atoms with Crippen LogP contribution in [0.5, 0.6) is 11.5 Å². The third-order valence-electron chi connectivity index (χ3n) is 3.88. The number of alkyl halides is 3. The monoisotopic (exact) mass is 340 g/mol. The predicted molar refractivity (Wildman–Crippen MR) is 84.5 cm³/mol. The Morgan fingerprint density at radius 3 is 1.75 bits per heavy atom. The molecule has 2 unspecified atom stereocenters. The van der Waals surface area contributed by atoms with Gasteiger partial charge in [0.15, 0.2) is 6.10 Å². The molecule has 0 amide bonds. The van der Waals surface area contributed by atoms with Crippen molar-refractivity contribution < 1.29 is 27.8 Å². The molecule has 2 rings (SSSR count). The molecule has 0 heterocycles. The van der Waals surface area contributed by atoms with Crippen molar-refractivity contribution in [3.8, 4) is 11.5 Å². The molecule has 2 aromatic rings. The zero-order valence-corrected chi connectivity index (χ0v) is 13.4. The van der Waals surface area contributed by atoms with Gasteiger partial charge in [0.2, 0.25) is 0 Å². The maximum Gasteiger partial charge on any atom is 0.414 e. The van der Waals surface area contributed by atoms with Crippen molar-refractivity contribution in [2.24, 2.45) is 0 Å². The van der Waals surface area contributed by atoms with Crippen LogP contribution in [0.25, 0.3) is 0 Å². The zero-order valence-electron chi connectivity index (χ0n) is 13.4. The molecule has 2 aromatic carbocycles. The summed E-state index contributed by atoms with van der Waals surface area (Å²) in [6, 6.07) is 13.0. The van der Waals surface area contributed by atoms with Crippen LogP contribution in [0.4, 0.5) is 13.2 Å². The van der Waals surface area contributed by atoms with Gasteiger partial charge in [-0.1, -0.05) is 24.3 Å². The van der Waals surface area contributed by atoms with Crippen molar-refractivity contribution >= 4 is 0 Å². The van der Waals surface area contributed by atoms with Gasteiger partial charge in [-0.3, -0.25) is 0 Å². The number of hydrogen-bond donors (Lipinski definition) is 1. The Morgan fingerprint density at radius 1 is 0.875 bits per heavy atom. The Balaban J connectivity index is 2.30. The SMILES string of the molecule is COc1ccc(CC(c2ccc(OC)cc2)C(O)C(F)(F)F)cc1. The van der Waals surface area contributed by atoms with Gasteiger partial charge in [0, 0.05) is 5.92 Å². The minimum absolute atomic E-state index is 0.0526. The Kier molecular flexibility index (Phi) is 5.72. The summed E-state index contributed by atoms with van der Waals surface area (Å²) >= 11 is 0. The largest absolute Gasteiger partial charge is 0.497 e. The molecule has 6 heteroatoms. The molecule has 130 valence electrons. The zero-order chi connectivity index (χ0) is 17.7. The minimum atomic E-state index is -4.70. The highest BCUT2D eigenvalue weighted by molar-refractivity contribution is 5.33. The van der Waals surface area contributed by atoms with Crippen molar-refractivity contribution in [2.75, 3.05) is 14.2 Å². The lowest BCUT2D eigenvalue weighted by atomic mass is 9.87. The van der Waals surface area contributed by atoms with E-state index < -0.39 is 18.2 Å². The second-order valence-electron chi connectivity index (χ2n) is 5.42. The first-order valence-electron chi connectivity index (χ1n) is 7.37. The summed E-state index contributed by atoms with van der Waals surface area (Å²) in [6.45, 7) is 0. The second kappa shape index (κ2) is 7.57. The van der Waals surface area contributed by atoms with E-state index >= 15 is 0 Å². The van der Waals surface area contributed by atoms with Gasteiger partial charge in [-0.05, 0) is 41.8 Å². The molecular weight excluding hydrogens is 321 g/mol. The van der Waals surface area contributed by atoms with E-state index in [0.717, 1.165) is 0 Å². The lowest BCUT2D eigenvalue weighted by Crippen LogP contribution is -2.35. The Labute approximate surface area is 138 Å². The van der Waals surface area contributed by atoms with E-state index in [1.54, 1.807) is 48.5 Å². The molecule has 0 bridgehead atoms. The molecule has 0 radical (unpaired) electrons. The first kappa shape index (κ1) is 18.1. The van der Waals surface area contributed by atoms with Crippen LogP contribution in [0.3, 0.4) is 0 Å². The molecule has 0 aromatic heterocycles. The fourth-order valence-electron chi connectivity index (χ4n) is 2.51. The molecule has 2 atom stereocenters. The predicted octanol–water partition coefficient (Wildman–Crippen LogP) is 3.95. The van der Waals surface area contributed by atoms with Crippen molar-refractivity contribution in [1.29, 1.82) is 0 Å². The van der Waals surface area contributed by atoms with Crippen LogP contribution in [0.1, 0.15) is 17.0 Å². The first-order valence-corrected chi connectivity index (χ1v) is 7.37. The molecule has 0 spiro atoms. The normalized spacial score (nSPS) is 14.1. The van der Waals surface area contributed by atoms with Crippen LogP contribution in [0.15, 0.2) is 48.5 Å². The number of aliphatic hydroxyl groups excluding tert-OH is 1. The van der Waals surface area contributed by atoms with E-state index in [4.69, 9.17) is 9.47 Å². The van der Waals surface area contributed by atoms with Gasteiger partial charge in [0.25, 0.3) is 0 Å². The highest BCUT2D eigenvalue weighted by atomic mass is 19.4. The average molecular weight is 340 g/mol. The lowest BCUT2D eigenvalue weighted by molar-refractivity contribution is -0.210. The van der Waals surface area contributed by atoms with Gasteiger partial charge in [-0.15, -0.1) is 0 Å². The summed E-state index contributed by atoms with van der Waals surface area (Å²) in [6.07, 6.45) is -7.10. The highest BCUT2D eigenvalue weighted by Gasteiger charge is 2.43. The van der Waals surface area contributed by atoms with Gasteiger partial charge < -0.3 is 14.6 Å². The van der Waals surface area contributed by atoms with Gasteiger partial charge >= 0.3 is 6.18 Å². The fraction of sp³-hybridized carbons (Fsp3) is 0.333. The smallest absolute Gasteiger partial charge is 0.414 e. The highest BCUT2D eigenvalue weighted by Crippen LogP contribution is 2.35. The van der Waals surface area contributed by atoms with Gasteiger partial charge in [0.1, 0.15) is 11.5 Å². The minimum Gasteiger partial charge on any atom is -0.497 e. The van der Waals surface area contributed by atoms with Crippen LogP contribution in [-0.2, 0) is 6.42 Å². The number of methoxy groups -OCH3 is 2. The van der Waals surface area contributed by atoms with Crippen LogP contribution < -0.4 is 9.47 Å². The number of halogens is 3. The van der Waals surface area contributed by atoms with Gasteiger partial charge in [-0.2, -0.15) is 13.2 Å². The summed E-state index contributed by atoms with van der Waals surface area (Å²) in [7, 11) is 3.00. The number of ether oxygens (including phenoxy) is 2. The van der Waals surface area contributed by atoms with Crippen LogP contribution >= 0.6 is 0 Å². The molecule has 0 fully saturated rings. The van der Waals surface area contributed by atoms with E-state index in [0.29, 0.717) is 22.6 Å². The van der Waals surface area contributed by atoms with E-state index in [1.807, 2.05) is 0 Å². The van der Waals surface area contributed by atoms with E-state index in [-0.39, 0.29) is 6.42 Å². The molecule has 0 aliphatic carbocycles. The van der Waals surface area contributed by atoms with Crippen LogP contribution in [-0.4, -0.2) is 31.6 Å². The lowest BCUT2D eigenvalue weighted by Gasteiger charge is -2.25. The van der Waals surface area contributed by atoms with Crippen molar-refractivity contribution in [2.45, 2.75) is 24.6 Å². The number of benzene rings is 2. The van der Waals surface area contributed by atoms with Crippen LogP contribution in [0, 0.1) is 0 Å². The Bertz CT molecular complexity index is 636. The summed E-state index contributed by atoms with van der Waals surface area (Å²) in [5.74, 6) is 0.0591. The van der Waals surface area contributed by atoms with Crippen molar-refractivity contribution in [1.82, 2.24) is 0 Å². The first-order chi connectivity index (χ1) is 11.3. The van der Waals surface area contributed by atoms with E-state index in [1.165, 1.54) is 14.2 Å². The van der Waals surface area contributed by atoms with Crippen molar-refractivity contribution in [3.63, 3.8) is 0 Å². The maximum atomic E-state index is 13.1. The topological polar surface area (TPSA) is 38.7 Å². The van der Waals surface area contributed by atoms with Crippen molar-refractivity contribution in [3.05, 3.63) is 59.7 Å². The molecule has 1 N–H and O–H groups in total. The van der Waals surface area contributed by atoms with Gasteiger partial charge in [-0.25, -0.2) is 0 Å². The van der Waals surface area contributed by atoms with Gasteiger partial charge in [0.05, 0.1) is 14.2 Å². The van der Waals surface area contributed by atoms with E-state index in [2.05, 4.69) is 0 Å². The molecule has 0 aliphatic rings. The summed E-state index contributed by atoms with van der Waals surface area (Å²) in [4.78, 5) is 0. The molecule has 0 saturated heterocycles. The third kappa shape index (κ3) is 4.41. The fourth-order valence-corrected chi connectivity index (χ4v) is 2.51. The number of hydrogen-bond acceptors (Lipinski definition) is 3. The number of rotatable bonds is 6. The summed E-state index contributed by atoms with van der Waals surface area (Å²) in [5.41, 5.74) is 1.08. The molecule has 3 nitrogen and oxygen atoms in total. The number of aliphatic hydroxyl groups is 1. The Hall–Kier alpha value is -2.21. The van der Waals surface area contributed by atoms with Crippen LogP contribution in [0.2, 0.25) is 0 Å².